The van der Waals surface area contributed by atoms with Crippen LogP contribution in [0.3, 0.4) is 0 Å². The monoisotopic (exact) mass is 495 g/mol. The summed E-state index contributed by atoms with van der Waals surface area (Å²) in [5.74, 6) is -0.345. The zero-order valence-corrected chi connectivity index (χ0v) is 21.5. The maximum atomic E-state index is 13.7. The number of aryl methyl sites for hydroxylation is 2. The first kappa shape index (κ1) is 26.3. The number of thiazole rings is 1. The van der Waals surface area contributed by atoms with Gasteiger partial charge >= 0.3 is 0 Å². The second-order valence-corrected chi connectivity index (χ2v) is 10.6. The number of amides is 1. The van der Waals surface area contributed by atoms with Gasteiger partial charge in [0.25, 0.3) is 5.91 Å². The van der Waals surface area contributed by atoms with Gasteiger partial charge in [-0.3, -0.25) is 9.69 Å². The quantitative estimate of drug-likeness (QED) is 0.452. The molecule has 9 heteroatoms. The first-order valence-electron chi connectivity index (χ1n) is 10.4. The molecule has 0 N–H and O–H groups in total. The molecule has 0 aliphatic carbocycles. The zero-order valence-electron chi connectivity index (χ0n) is 19.1. The zero-order chi connectivity index (χ0) is 22.8. The predicted molar refractivity (Wildman–Crippen MR) is 135 cm³/mol. The minimum atomic E-state index is -3.55. The van der Waals surface area contributed by atoms with Crippen LogP contribution < -0.4 is 4.90 Å². The van der Waals surface area contributed by atoms with Gasteiger partial charge in [-0.2, -0.15) is 0 Å². The molecule has 3 aromatic rings. The third-order valence-electron chi connectivity index (χ3n) is 5.46. The Kier molecular flexibility index (Phi) is 8.82. The van der Waals surface area contributed by atoms with Crippen LogP contribution in [0.25, 0.3) is 10.2 Å². The number of fused-ring (bicyclic) bond motifs is 1. The molecule has 1 aromatic heterocycles. The van der Waals surface area contributed by atoms with E-state index in [1.165, 1.54) is 17.4 Å². The predicted octanol–water partition coefficient (Wildman–Crippen LogP) is 4.73. The van der Waals surface area contributed by atoms with Gasteiger partial charge in [0.05, 0.1) is 20.7 Å². The summed E-state index contributed by atoms with van der Waals surface area (Å²) in [7, 11) is -3.55. The molecule has 3 rings (SSSR count). The molecule has 1 heterocycles. The molecule has 32 heavy (non-hydrogen) atoms. The third-order valence-corrected chi connectivity index (χ3v) is 7.83. The average Bonchev–Trinajstić information content (AvgIpc) is 3.19. The van der Waals surface area contributed by atoms with Gasteiger partial charge in [-0.05, 0) is 50.2 Å². The molecule has 2 aromatic carbocycles. The second kappa shape index (κ2) is 10.7. The van der Waals surface area contributed by atoms with Gasteiger partial charge in [0.2, 0.25) is 0 Å². The summed E-state index contributed by atoms with van der Waals surface area (Å²) in [4.78, 5) is 22.4. The normalized spacial score (nSPS) is 11.6. The highest BCUT2D eigenvalue weighted by molar-refractivity contribution is 7.90. The number of benzene rings is 2. The fraction of sp³-hybridized carbons (Fsp3) is 0.391. The molecule has 174 valence electrons. The molecule has 0 fully saturated rings. The van der Waals surface area contributed by atoms with Crippen LogP contribution in [0.2, 0.25) is 0 Å². The molecular weight excluding hydrogens is 466 g/mol. The van der Waals surface area contributed by atoms with E-state index in [1.54, 1.807) is 23.1 Å². The van der Waals surface area contributed by atoms with Crippen molar-refractivity contribution in [2.75, 3.05) is 37.3 Å². The summed E-state index contributed by atoms with van der Waals surface area (Å²) in [5, 5.41) is 0.591. The van der Waals surface area contributed by atoms with Crippen LogP contribution in [0.1, 0.15) is 35.3 Å². The van der Waals surface area contributed by atoms with Gasteiger partial charge in [-0.1, -0.05) is 49.4 Å². The van der Waals surface area contributed by atoms with E-state index in [2.05, 4.69) is 24.8 Å². The topological polar surface area (TPSA) is 70.6 Å². The van der Waals surface area contributed by atoms with E-state index in [0.29, 0.717) is 18.2 Å². The summed E-state index contributed by atoms with van der Waals surface area (Å²) in [6.07, 6.45) is 1.13. The van der Waals surface area contributed by atoms with E-state index in [4.69, 9.17) is 4.98 Å². The van der Waals surface area contributed by atoms with Crippen LogP contribution in [0.4, 0.5) is 5.13 Å². The molecule has 1 amide bonds. The Labute approximate surface area is 200 Å². The van der Waals surface area contributed by atoms with Crippen molar-refractivity contribution in [3.63, 3.8) is 0 Å². The molecule has 6 nitrogen and oxygen atoms in total. The molecule has 0 aliphatic heterocycles. The summed E-state index contributed by atoms with van der Waals surface area (Å²) in [6.45, 7) is 11.0. The Balaban J connectivity index is 0.00000363. The number of sulfone groups is 1. The van der Waals surface area contributed by atoms with Gasteiger partial charge in [-0.15, -0.1) is 12.4 Å². The highest BCUT2D eigenvalue weighted by Gasteiger charge is 2.26. The molecule has 0 saturated carbocycles. The minimum absolute atomic E-state index is 0. The van der Waals surface area contributed by atoms with Gasteiger partial charge in [0.15, 0.2) is 15.0 Å². The van der Waals surface area contributed by atoms with Crippen molar-refractivity contribution in [3.8, 4) is 0 Å². The molecule has 0 spiro atoms. The van der Waals surface area contributed by atoms with Gasteiger partial charge in [0.1, 0.15) is 0 Å². The summed E-state index contributed by atoms with van der Waals surface area (Å²) < 4.78 is 25.7. The lowest BCUT2D eigenvalue weighted by Gasteiger charge is -2.25. The summed E-state index contributed by atoms with van der Waals surface area (Å²) >= 11 is 1.48. The second-order valence-electron chi connectivity index (χ2n) is 7.63. The summed E-state index contributed by atoms with van der Waals surface area (Å²) in [6, 6.07) is 10.5. The van der Waals surface area contributed by atoms with Gasteiger partial charge in [-0.25, -0.2) is 13.4 Å². The first-order chi connectivity index (χ1) is 14.7. The smallest absolute Gasteiger partial charge is 0.261 e. The molecular formula is C23H30ClN3O3S2. The number of carbonyl (C=O) groups excluding carboxylic acids is 1. The van der Waals surface area contributed by atoms with Gasteiger partial charge in [0, 0.05) is 19.3 Å². The lowest BCUT2D eigenvalue weighted by molar-refractivity contribution is 0.0980. The van der Waals surface area contributed by atoms with E-state index in [9.17, 15) is 13.2 Å². The van der Waals surface area contributed by atoms with E-state index in [-0.39, 0.29) is 28.8 Å². The van der Waals surface area contributed by atoms with Crippen molar-refractivity contribution in [1.29, 1.82) is 0 Å². The number of likely N-dealkylation sites (N-methyl/N-ethyl adjacent to an activating group) is 1. The number of carbonyl (C=O) groups is 1. The van der Waals surface area contributed by atoms with Crippen molar-refractivity contribution in [2.45, 2.75) is 32.6 Å². The average molecular weight is 496 g/mol. The van der Waals surface area contributed by atoms with Crippen molar-refractivity contribution in [3.05, 3.63) is 53.1 Å². The molecule has 0 saturated heterocycles. The van der Waals surface area contributed by atoms with Gasteiger partial charge < -0.3 is 4.90 Å². The van der Waals surface area contributed by atoms with Crippen LogP contribution in [0.15, 0.2) is 41.3 Å². The maximum absolute atomic E-state index is 13.7. The number of aromatic nitrogens is 1. The number of nitrogens with zero attached hydrogens (tertiary/aromatic N) is 3. The number of halogens is 1. The molecule has 0 radical (unpaired) electrons. The minimum Gasteiger partial charge on any atom is -0.302 e. The Morgan fingerprint density at radius 2 is 1.62 bits per heavy atom. The van der Waals surface area contributed by atoms with Crippen molar-refractivity contribution in [2.24, 2.45) is 0 Å². The van der Waals surface area contributed by atoms with Crippen LogP contribution >= 0.6 is 23.7 Å². The number of hydrogen-bond donors (Lipinski definition) is 0. The maximum Gasteiger partial charge on any atom is 0.261 e. The molecule has 0 bridgehead atoms. The number of rotatable bonds is 8. The standard InChI is InChI=1S/C23H29N3O3S2.ClH/c1-6-25(7-2)14-15-26(22(27)18-10-8-9-11-19(18)31(5,28)29)23-24-20-16(3)12-13-17(4)21(20)30-23;/h8-13H,6-7,14-15H2,1-5H3;1H. The Morgan fingerprint density at radius 3 is 2.22 bits per heavy atom. The van der Waals surface area contributed by atoms with E-state index < -0.39 is 9.84 Å². The van der Waals surface area contributed by atoms with Crippen molar-refractivity contribution in [1.82, 2.24) is 9.88 Å². The third kappa shape index (κ3) is 5.49. The first-order valence-corrected chi connectivity index (χ1v) is 13.1. The largest absolute Gasteiger partial charge is 0.302 e. The Bertz CT molecular complexity index is 1170. The van der Waals surface area contributed by atoms with Crippen LogP contribution in [-0.2, 0) is 9.84 Å². The van der Waals surface area contributed by atoms with E-state index in [1.807, 2.05) is 19.9 Å². The number of hydrogen-bond acceptors (Lipinski definition) is 6. The van der Waals surface area contributed by atoms with Crippen molar-refractivity contribution >= 4 is 54.8 Å². The fourth-order valence-corrected chi connectivity index (χ4v) is 5.56. The highest BCUT2D eigenvalue weighted by atomic mass is 35.5. The Hall–Kier alpha value is -2.00. The summed E-state index contributed by atoms with van der Waals surface area (Å²) in [5.41, 5.74) is 3.22. The van der Waals surface area contributed by atoms with Crippen LogP contribution in [0.5, 0.6) is 0 Å². The SMILES string of the molecule is CCN(CC)CCN(C(=O)c1ccccc1S(C)(=O)=O)c1nc2c(C)ccc(C)c2s1.Cl. The highest BCUT2D eigenvalue weighted by Crippen LogP contribution is 2.34. The fourth-order valence-electron chi connectivity index (χ4n) is 3.54. The van der Waals surface area contributed by atoms with E-state index >= 15 is 0 Å². The molecule has 0 aliphatic rings. The lowest BCUT2D eigenvalue weighted by atomic mass is 10.1. The molecule has 0 atom stereocenters. The van der Waals surface area contributed by atoms with Crippen molar-refractivity contribution < 1.29 is 13.2 Å². The molecule has 0 unspecified atom stereocenters. The number of anilines is 1. The Morgan fingerprint density at radius 1 is 1.00 bits per heavy atom. The van der Waals surface area contributed by atoms with Crippen LogP contribution in [-0.4, -0.2) is 56.6 Å². The van der Waals surface area contributed by atoms with E-state index in [0.717, 1.165) is 40.7 Å². The lowest BCUT2D eigenvalue weighted by Crippen LogP contribution is -2.39. The van der Waals surface area contributed by atoms with Crippen LogP contribution in [0, 0.1) is 13.8 Å².